The Labute approximate surface area is 185 Å². The molecule has 0 aromatic heterocycles. The highest BCUT2D eigenvalue weighted by Crippen LogP contribution is 2.14. The summed E-state index contributed by atoms with van der Waals surface area (Å²) in [7, 11) is 0. The average Bonchev–Trinajstić information content (AvgIpc) is 2.78. The van der Waals surface area contributed by atoms with Gasteiger partial charge in [-0.05, 0) is 53.1 Å². The van der Waals surface area contributed by atoms with Crippen LogP contribution in [-0.2, 0) is 45.2 Å². The van der Waals surface area contributed by atoms with Gasteiger partial charge < -0.3 is 5.11 Å². The lowest BCUT2D eigenvalue weighted by Gasteiger charge is -2.04. The van der Waals surface area contributed by atoms with E-state index in [1.54, 1.807) is 0 Å². The molecule has 0 aliphatic carbocycles. The van der Waals surface area contributed by atoms with Crippen molar-refractivity contribution >= 4 is 0 Å². The van der Waals surface area contributed by atoms with Gasteiger partial charge in [-0.3, -0.25) is 0 Å². The van der Waals surface area contributed by atoms with Gasteiger partial charge >= 0.3 is 0 Å². The Kier molecular flexibility index (Phi) is 29.1. The van der Waals surface area contributed by atoms with Gasteiger partial charge in [0.05, 0.1) is 6.61 Å². The highest BCUT2D eigenvalue weighted by atomic mass is 17.9. The fourth-order valence-electron chi connectivity index (χ4n) is 3.22. The van der Waals surface area contributed by atoms with Crippen molar-refractivity contribution in [2.75, 3.05) is 13.2 Å². The SMILES string of the molecule is OCCCCCCCCCCCCCCCCCCCCOOOOOOOOOO. The molecule has 0 spiro atoms. The van der Waals surface area contributed by atoms with Gasteiger partial charge in [-0.1, -0.05) is 103 Å². The summed E-state index contributed by atoms with van der Waals surface area (Å²) < 4.78 is 0. The zero-order chi connectivity index (χ0) is 22.5. The first-order valence-corrected chi connectivity index (χ1v) is 11.6. The van der Waals surface area contributed by atoms with Crippen molar-refractivity contribution in [2.45, 2.75) is 116 Å². The number of unbranched alkanes of at least 4 members (excludes halogenated alkanes) is 17. The zero-order valence-corrected chi connectivity index (χ0v) is 18.7. The Morgan fingerprint density at radius 1 is 0.355 bits per heavy atom. The first-order valence-electron chi connectivity index (χ1n) is 11.6. The van der Waals surface area contributed by atoms with Crippen LogP contribution in [-0.4, -0.2) is 23.6 Å². The van der Waals surface area contributed by atoms with E-state index < -0.39 is 0 Å². The lowest BCUT2D eigenvalue weighted by atomic mass is 10.0. The van der Waals surface area contributed by atoms with Crippen molar-refractivity contribution in [1.82, 2.24) is 0 Å². The molecule has 0 atom stereocenters. The second-order valence-electron chi connectivity index (χ2n) is 7.46. The highest BCUT2D eigenvalue weighted by molar-refractivity contribution is 4.50. The largest absolute Gasteiger partial charge is 0.396 e. The Bertz CT molecular complexity index is 283. The molecule has 31 heavy (non-hydrogen) atoms. The second kappa shape index (κ2) is 29.6. The molecule has 0 aromatic rings. The maximum absolute atomic E-state index is 8.73. The van der Waals surface area contributed by atoms with Gasteiger partial charge in [0, 0.05) is 6.61 Å². The molecule has 0 unspecified atom stereocenters. The third-order valence-corrected chi connectivity index (χ3v) is 4.88. The molecule has 0 heterocycles. The Morgan fingerprint density at radius 2 is 0.677 bits per heavy atom. The lowest BCUT2D eigenvalue weighted by molar-refractivity contribution is -0.843. The van der Waals surface area contributed by atoms with Crippen LogP contribution >= 0.6 is 0 Å². The van der Waals surface area contributed by atoms with Gasteiger partial charge in [0.1, 0.15) is 0 Å². The minimum Gasteiger partial charge on any atom is -0.396 e. The quantitative estimate of drug-likeness (QED) is 0.0821. The number of hydrogen-bond acceptors (Lipinski definition) is 11. The van der Waals surface area contributed by atoms with Crippen molar-refractivity contribution in [3.8, 4) is 0 Å². The molecule has 0 bridgehead atoms. The molecule has 0 aromatic carbocycles. The van der Waals surface area contributed by atoms with E-state index in [1.807, 2.05) is 0 Å². The van der Waals surface area contributed by atoms with E-state index >= 15 is 0 Å². The van der Waals surface area contributed by atoms with Gasteiger partial charge in [-0.15, -0.1) is 0 Å². The minimum absolute atomic E-state index is 0.340. The van der Waals surface area contributed by atoms with Crippen molar-refractivity contribution in [3.05, 3.63) is 0 Å². The van der Waals surface area contributed by atoms with E-state index in [2.05, 4.69) is 45.2 Å². The molecule has 0 radical (unpaired) electrons. The molecule has 2 N–H and O–H groups in total. The lowest BCUT2D eigenvalue weighted by Crippen LogP contribution is -2.03. The van der Waals surface area contributed by atoms with Gasteiger partial charge in [-0.2, -0.15) is 0 Å². The Hall–Kier alpha value is -0.440. The van der Waals surface area contributed by atoms with Gasteiger partial charge in [0.2, 0.25) is 0 Å². The van der Waals surface area contributed by atoms with E-state index in [-0.39, 0.29) is 0 Å². The van der Waals surface area contributed by atoms with Crippen LogP contribution in [0.15, 0.2) is 0 Å². The molecule has 11 nitrogen and oxygen atoms in total. The molecule has 0 aliphatic rings. The topological polar surface area (TPSA) is 124 Å². The van der Waals surface area contributed by atoms with Crippen molar-refractivity contribution < 1.29 is 55.6 Å². The van der Waals surface area contributed by atoms with E-state index in [4.69, 9.17) is 10.4 Å². The van der Waals surface area contributed by atoms with Crippen molar-refractivity contribution in [3.63, 3.8) is 0 Å². The maximum atomic E-state index is 8.73. The Morgan fingerprint density at radius 3 is 1.06 bits per heavy atom. The van der Waals surface area contributed by atoms with Crippen LogP contribution in [0.4, 0.5) is 0 Å². The fraction of sp³-hybridized carbons (Fsp3) is 1.00. The predicted octanol–water partition coefficient (Wildman–Crippen LogP) is 5.94. The van der Waals surface area contributed by atoms with Gasteiger partial charge in [0.15, 0.2) is 0 Å². The summed E-state index contributed by atoms with van der Waals surface area (Å²) in [6.07, 6.45) is 22.6. The molecule has 0 aliphatic heterocycles. The van der Waals surface area contributed by atoms with Crippen LogP contribution < -0.4 is 0 Å². The molecule has 0 fully saturated rings. The first-order chi connectivity index (χ1) is 15.4. The summed E-state index contributed by atoms with van der Waals surface area (Å²) in [6.45, 7) is 0.693. The summed E-state index contributed by atoms with van der Waals surface area (Å²) >= 11 is 0. The van der Waals surface area contributed by atoms with Crippen LogP contribution in [0.25, 0.3) is 0 Å². The zero-order valence-electron chi connectivity index (χ0n) is 18.7. The summed E-state index contributed by atoms with van der Waals surface area (Å²) in [4.78, 5) is 4.67. The molecule has 0 amide bonds. The number of aliphatic hydroxyl groups is 1. The fourth-order valence-corrected chi connectivity index (χ4v) is 3.22. The molecule has 0 saturated carbocycles. The maximum Gasteiger partial charge on any atom is 0.0855 e. The third kappa shape index (κ3) is 29.6. The van der Waals surface area contributed by atoms with Crippen LogP contribution in [0.1, 0.15) is 116 Å². The standard InChI is InChI=1S/C20H42O11/c21-19-17-15-13-11-9-7-5-3-1-2-4-6-8-10-12-14-16-18-20-23-25-27-29-31-30-28-26-24-22/h21-22H,1-20H2. The summed E-state index contributed by atoms with van der Waals surface area (Å²) in [5, 5.41) is 45.6. The van der Waals surface area contributed by atoms with Crippen LogP contribution in [0.5, 0.6) is 0 Å². The predicted molar refractivity (Wildman–Crippen MR) is 107 cm³/mol. The van der Waals surface area contributed by atoms with E-state index in [0.29, 0.717) is 13.2 Å². The smallest absolute Gasteiger partial charge is 0.0855 e. The van der Waals surface area contributed by atoms with E-state index in [1.165, 1.54) is 96.3 Å². The number of rotatable bonds is 28. The Balaban J connectivity index is 2.98. The van der Waals surface area contributed by atoms with Gasteiger partial charge in [0.25, 0.3) is 0 Å². The van der Waals surface area contributed by atoms with Crippen LogP contribution in [0.3, 0.4) is 0 Å². The first kappa shape index (κ1) is 30.6. The second-order valence-corrected chi connectivity index (χ2v) is 7.46. The van der Waals surface area contributed by atoms with Crippen LogP contribution in [0.2, 0.25) is 0 Å². The summed E-state index contributed by atoms with van der Waals surface area (Å²) in [5.74, 6) is 0. The number of aliphatic hydroxyl groups excluding tert-OH is 1. The minimum atomic E-state index is 0.340. The van der Waals surface area contributed by atoms with E-state index in [0.717, 1.165) is 19.3 Å². The third-order valence-electron chi connectivity index (χ3n) is 4.88. The van der Waals surface area contributed by atoms with E-state index in [9.17, 15) is 0 Å². The summed E-state index contributed by atoms with van der Waals surface area (Å²) in [5.41, 5.74) is 0. The molecule has 0 saturated heterocycles. The summed E-state index contributed by atoms with van der Waals surface area (Å²) in [6, 6.07) is 0. The molecular weight excluding hydrogens is 416 g/mol. The molecule has 11 heteroatoms. The highest BCUT2D eigenvalue weighted by Gasteiger charge is 1.97. The van der Waals surface area contributed by atoms with Gasteiger partial charge in [-0.25, -0.2) is 10.1 Å². The normalized spacial score (nSPS) is 11.4. The average molecular weight is 459 g/mol. The number of hydrogen-bond donors (Lipinski definition) is 2. The van der Waals surface area contributed by atoms with Crippen molar-refractivity contribution in [1.29, 1.82) is 0 Å². The molecule has 188 valence electrons. The van der Waals surface area contributed by atoms with Crippen LogP contribution in [0, 0.1) is 0 Å². The monoisotopic (exact) mass is 458 g/mol. The molecular formula is C20H42O11. The van der Waals surface area contributed by atoms with Crippen molar-refractivity contribution in [2.24, 2.45) is 0 Å². The molecule has 0 rings (SSSR count).